The van der Waals surface area contributed by atoms with Crippen LogP contribution < -0.4 is 0 Å². The molecule has 1 aromatic heterocycles. The van der Waals surface area contributed by atoms with Crippen molar-refractivity contribution < 1.29 is 14.7 Å². The number of nitrogens with zero attached hydrogens (tertiary/aromatic N) is 1. The van der Waals surface area contributed by atoms with Crippen LogP contribution in [0, 0.1) is 0 Å². The Hall–Kier alpha value is -1.14. The minimum absolute atomic E-state index is 0.318. The van der Waals surface area contributed by atoms with Crippen molar-refractivity contribution in [2.45, 2.75) is 6.04 Å². The molecule has 1 aliphatic heterocycles. The number of amides is 1. The smallest absolute Gasteiger partial charge is 0.327 e. The molecule has 0 saturated carbocycles. The summed E-state index contributed by atoms with van der Waals surface area (Å²) in [6, 6.07) is 0.741. The van der Waals surface area contributed by atoms with Gasteiger partial charge < -0.3 is 15.0 Å². The van der Waals surface area contributed by atoms with E-state index in [1.54, 1.807) is 0 Å². The molecule has 1 aromatic rings. The number of thioether (sulfide) groups is 1. The van der Waals surface area contributed by atoms with Crippen molar-refractivity contribution in [1.82, 2.24) is 9.88 Å². The van der Waals surface area contributed by atoms with Crippen LogP contribution in [0.15, 0.2) is 12.3 Å². The van der Waals surface area contributed by atoms with E-state index in [0.29, 0.717) is 22.3 Å². The van der Waals surface area contributed by atoms with Crippen LogP contribution in [-0.2, 0) is 4.79 Å². The molecule has 0 aromatic carbocycles. The number of aromatic nitrogens is 1. The SMILES string of the molecule is O=C(O)C1CSCN1C(=O)c1cc(Cl)c[nH]1. The van der Waals surface area contributed by atoms with E-state index in [1.807, 2.05) is 0 Å². The van der Waals surface area contributed by atoms with Gasteiger partial charge in [-0.1, -0.05) is 11.6 Å². The summed E-state index contributed by atoms with van der Waals surface area (Å²) in [5, 5.41) is 9.37. The predicted molar refractivity (Wildman–Crippen MR) is 60.7 cm³/mol. The van der Waals surface area contributed by atoms with Crippen molar-refractivity contribution in [2.24, 2.45) is 0 Å². The van der Waals surface area contributed by atoms with Crippen LogP contribution in [0.25, 0.3) is 0 Å². The van der Waals surface area contributed by atoms with Crippen molar-refractivity contribution in [3.63, 3.8) is 0 Å². The molecule has 1 atom stereocenters. The molecular formula is C9H9ClN2O3S. The number of hydrogen-bond acceptors (Lipinski definition) is 3. The normalized spacial score (nSPS) is 20.1. The maximum Gasteiger partial charge on any atom is 0.327 e. The Labute approximate surface area is 101 Å². The average Bonchev–Trinajstić information content (AvgIpc) is 2.84. The van der Waals surface area contributed by atoms with Gasteiger partial charge in [-0.2, -0.15) is 0 Å². The molecule has 0 aliphatic carbocycles. The molecule has 0 spiro atoms. The maximum atomic E-state index is 11.9. The highest BCUT2D eigenvalue weighted by molar-refractivity contribution is 7.99. The van der Waals surface area contributed by atoms with Crippen LogP contribution in [0.4, 0.5) is 0 Å². The summed E-state index contributed by atoms with van der Waals surface area (Å²) in [5.74, 6) is -0.484. The number of carboxylic acids is 1. The van der Waals surface area contributed by atoms with Gasteiger partial charge in [0.15, 0.2) is 0 Å². The summed E-state index contributed by atoms with van der Waals surface area (Å²) in [6.45, 7) is 0. The van der Waals surface area contributed by atoms with Crippen LogP contribution in [0.1, 0.15) is 10.5 Å². The van der Waals surface area contributed by atoms with Gasteiger partial charge in [0.05, 0.1) is 10.9 Å². The summed E-state index contributed by atoms with van der Waals surface area (Å²) >= 11 is 7.11. The zero-order chi connectivity index (χ0) is 11.7. The second kappa shape index (κ2) is 4.39. The zero-order valence-corrected chi connectivity index (χ0v) is 9.72. The van der Waals surface area contributed by atoms with Crippen molar-refractivity contribution in [2.75, 3.05) is 11.6 Å². The minimum Gasteiger partial charge on any atom is -0.480 e. The third kappa shape index (κ3) is 2.03. The quantitative estimate of drug-likeness (QED) is 0.840. The third-order valence-electron chi connectivity index (χ3n) is 2.31. The maximum absolute atomic E-state index is 11.9. The van der Waals surface area contributed by atoms with Gasteiger partial charge in [-0.05, 0) is 6.07 Å². The Kier molecular flexibility index (Phi) is 3.11. The first-order valence-corrected chi connectivity index (χ1v) is 6.08. The lowest BCUT2D eigenvalue weighted by Gasteiger charge is -2.19. The van der Waals surface area contributed by atoms with Gasteiger partial charge in [0.2, 0.25) is 0 Å². The first-order chi connectivity index (χ1) is 7.59. The molecule has 2 N–H and O–H groups in total. The lowest BCUT2D eigenvalue weighted by molar-refractivity contribution is -0.140. The van der Waals surface area contributed by atoms with E-state index in [4.69, 9.17) is 16.7 Å². The topological polar surface area (TPSA) is 73.4 Å². The molecule has 86 valence electrons. The molecule has 0 radical (unpaired) electrons. The number of carboxylic acid groups (broad SMARTS) is 1. The summed E-state index contributed by atoms with van der Waals surface area (Å²) < 4.78 is 0. The van der Waals surface area contributed by atoms with Crippen molar-refractivity contribution >= 4 is 35.2 Å². The van der Waals surface area contributed by atoms with E-state index in [9.17, 15) is 9.59 Å². The van der Waals surface area contributed by atoms with Gasteiger partial charge in [-0.25, -0.2) is 4.79 Å². The fourth-order valence-corrected chi connectivity index (χ4v) is 2.80. The highest BCUT2D eigenvalue weighted by atomic mass is 35.5. The molecule has 7 heteroatoms. The van der Waals surface area contributed by atoms with Crippen molar-refractivity contribution in [3.05, 3.63) is 23.0 Å². The number of carbonyl (C=O) groups is 2. The first kappa shape index (κ1) is 11.3. The van der Waals surface area contributed by atoms with Gasteiger partial charge in [0, 0.05) is 11.9 Å². The summed E-state index contributed by atoms with van der Waals surface area (Å²) in [5.41, 5.74) is 0.318. The largest absolute Gasteiger partial charge is 0.480 e. The van der Waals surface area contributed by atoms with Crippen LogP contribution >= 0.6 is 23.4 Å². The molecule has 16 heavy (non-hydrogen) atoms. The van der Waals surface area contributed by atoms with Crippen LogP contribution in [0.2, 0.25) is 5.02 Å². The van der Waals surface area contributed by atoms with E-state index in [0.717, 1.165) is 0 Å². The van der Waals surface area contributed by atoms with Gasteiger partial charge in [-0.15, -0.1) is 11.8 Å². The zero-order valence-electron chi connectivity index (χ0n) is 8.14. The monoisotopic (exact) mass is 260 g/mol. The Bertz CT molecular complexity index is 434. The predicted octanol–water partition coefficient (Wildman–Crippen LogP) is 1.27. The van der Waals surface area contributed by atoms with Crippen molar-refractivity contribution in [3.8, 4) is 0 Å². The van der Waals surface area contributed by atoms with Gasteiger partial charge in [0.25, 0.3) is 5.91 Å². The minimum atomic E-state index is -0.976. The summed E-state index contributed by atoms with van der Waals surface area (Å²) in [4.78, 5) is 26.9. The van der Waals surface area contributed by atoms with Gasteiger partial charge >= 0.3 is 5.97 Å². The highest BCUT2D eigenvalue weighted by Crippen LogP contribution is 2.23. The van der Waals surface area contributed by atoms with Crippen LogP contribution in [0.5, 0.6) is 0 Å². The molecule has 1 fully saturated rings. The molecule has 1 saturated heterocycles. The summed E-state index contributed by atoms with van der Waals surface area (Å²) in [7, 11) is 0. The molecule has 1 unspecified atom stereocenters. The number of aliphatic carboxylic acids is 1. The number of hydrogen-bond donors (Lipinski definition) is 2. The second-order valence-electron chi connectivity index (χ2n) is 3.36. The Morgan fingerprint density at radius 1 is 1.62 bits per heavy atom. The number of H-pyrrole nitrogens is 1. The van der Waals surface area contributed by atoms with Crippen LogP contribution in [0.3, 0.4) is 0 Å². The number of carbonyl (C=O) groups excluding carboxylic acids is 1. The fourth-order valence-electron chi connectivity index (χ4n) is 1.49. The van der Waals surface area contributed by atoms with E-state index >= 15 is 0 Å². The molecule has 2 heterocycles. The molecule has 1 aliphatic rings. The summed E-state index contributed by atoms with van der Waals surface area (Å²) in [6.07, 6.45) is 1.49. The molecular weight excluding hydrogens is 252 g/mol. The molecule has 0 bridgehead atoms. The van der Waals surface area contributed by atoms with Crippen molar-refractivity contribution in [1.29, 1.82) is 0 Å². The average molecular weight is 261 g/mol. The van der Waals surface area contributed by atoms with Crippen LogP contribution in [-0.4, -0.2) is 44.5 Å². The number of rotatable bonds is 2. The first-order valence-electron chi connectivity index (χ1n) is 4.55. The number of halogens is 1. The van der Waals surface area contributed by atoms with Gasteiger partial charge in [-0.3, -0.25) is 4.79 Å². The lowest BCUT2D eigenvalue weighted by Crippen LogP contribution is -2.41. The second-order valence-corrected chi connectivity index (χ2v) is 4.80. The van der Waals surface area contributed by atoms with E-state index < -0.39 is 12.0 Å². The van der Waals surface area contributed by atoms with E-state index in [1.165, 1.54) is 28.9 Å². The lowest BCUT2D eigenvalue weighted by atomic mass is 10.2. The van der Waals surface area contributed by atoms with Gasteiger partial charge in [0.1, 0.15) is 11.7 Å². The third-order valence-corrected chi connectivity index (χ3v) is 3.54. The molecule has 2 rings (SSSR count). The number of aromatic amines is 1. The Morgan fingerprint density at radius 2 is 2.38 bits per heavy atom. The van der Waals surface area contributed by atoms with E-state index in [-0.39, 0.29) is 5.91 Å². The fraction of sp³-hybridized carbons (Fsp3) is 0.333. The Balaban J connectivity index is 2.18. The Morgan fingerprint density at radius 3 is 2.94 bits per heavy atom. The highest BCUT2D eigenvalue weighted by Gasteiger charge is 2.35. The molecule has 5 nitrogen and oxygen atoms in total. The number of nitrogens with one attached hydrogen (secondary N) is 1. The standard InChI is InChI=1S/C9H9ClN2O3S/c10-5-1-6(11-2-5)8(13)12-4-16-3-7(12)9(14)15/h1-2,7,11H,3-4H2,(H,14,15). The van der Waals surface area contributed by atoms with E-state index in [2.05, 4.69) is 4.98 Å². The molecule has 1 amide bonds.